The maximum atomic E-state index is 5.49. The smallest absolute Gasteiger partial charge is 0.191 e. The maximum absolute atomic E-state index is 5.49. The third-order valence-electron chi connectivity index (χ3n) is 5.08. The van der Waals surface area contributed by atoms with Gasteiger partial charge in [0.05, 0.1) is 24.2 Å². The minimum atomic E-state index is 0. The molecule has 1 fully saturated rings. The molecule has 0 amide bonds. The molecule has 0 bridgehead atoms. The van der Waals surface area contributed by atoms with Crippen LogP contribution in [0.4, 0.5) is 0 Å². The zero-order valence-corrected chi connectivity index (χ0v) is 19.4. The van der Waals surface area contributed by atoms with E-state index in [2.05, 4.69) is 50.4 Å². The Morgan fingerprint density at radius 2 is 2.00 bits per heavy atom. The van der Waals surface area contributed by atoms with Crippen LogP contribution < -0.4 is 10.6 Å². The van der Waals surface area contributed by atoms with Crippen molar-refractivity contribution in [2.75, 3.05) is 46.4 Å². The first-order valence-electron chi connectivity index (χ1n) is 9.87. The second-order valence-electron chi connectivity index (χ2n) is 7.29. The number of rotatable bonds is 7. The van der Waals surface area contributed by atoms with E-state index in [9.17, 15) is 0 Å². The molecule has 1 atom stereocenters. The van der Waals surface area contributed by atoms with E-state index in [1.54, 1.807) is 0 Å². The average Bonchev–Trinajstić information content (AvgIpc) is 3.10. The molecule has 1 saturated heterocycles. The molecule has 1 aliphatic rings. The number of imidazole rings is 1. The fourth-order valence-electron chi connectivity index (χ4n) is 3.54. The Morgan fingerprint density at radius 3 is 2.68 bits per heavy atom. The number of H-pyrrole nitrogens is 1. The van der Waals surface area contributed by atoms with E-state index >= 15 is 0 Å². The number of ether oxygens (including phenoxy) is 1. The van der Waals surface area contributed by atoms with E-state index in [1.807, 2.05) is 25.2 Å². The van der Waals surface area contributed by atoms with Crippen LogP contribution in [0, 0.1) is 5.92 Å². The Morgan fingerprint density at radius 1 is 1.25 bits per heavy atom. The lowest BCUT2D eigenvalue weighted by Gasteiger charge is -2.37. The second-order valence-corrected chi connectivity index (χ2v) is 7.29. The number of para-hydroxylation sites is 2. The Balaban J connectivity index is 0.00000280. The van der Waals surface area contributed by atoms with Crippen LogP contribution in [-0.4, -0.2) is 73.3 Å². The van der Waals surface area contributed by atoms with Gasteiger partial charge in [0.2, 0.25) is 0 Å². The number of aromatic amines is 1. The van der Waals surface area contributed by atoms with E-state index < -0.39 is 0 Å². The Kier molecular flexibility index (Phi) is 9.46. The van der Waals surface area contributed by atoms with Crippen molar-refractivity contribution in [2.24, 2.45) is 10.9 Å². The molecule has 8 heteroatoms. The number of benzene rings is 1. The highest BCUT2D eigenvalue weighted by molar-refractivity contribution is 14.0. The molecule has 1 unspecified atom stereocenters. The van der Waals surface area contributed by atoms with E-state index in [-0.39, 0.29) is 24.0 Å². The van der Waals surface area contributed by atoms with Gasteiger partial charge in [-0.3, -0.25) is 9.89 Å². The molecule has 3 N–H and O–H groups in total. The fraction of sp³-hybridized carbons (Fsp3) is 0.600. The van der Waals surface area contributed by atoms with Crippen LogP contribution in [0.1, 0.15) is 19.7 Å². The summed E-state index contributed by atoms with van der Waals surface area (Å²) >= 11 is 0. The van der Waals surface area contributed by atoms with Gasteiger partial charge in [-0.15, -0.1) is 24.0 Å². The minimum absolute atomic E-state index is 0. The average molecular weight is 500 g/mol. The number of hydrogen-bond acceptors (Lipinski definition) is 4. The van der Waals surface area contributed by atoms with Crippen molar-refractivity contribution < 1.29 is 4.74 Å². The summed E-state index contributed by atoms with van der Waals surface area (Å²) in [4.78, 5) is 14.9. The molecular weight excluding hydrogens is 467 g/mol. The molecule has 1 aromatic carbocycles. The third kappa shape index (κ3) is 6.31. The van der Waals surface area contributed by atoms with Crippen molar-refractivity contribution in [3.05, 3.63) is 30.1 Å². The number of aromatic nitrogens is 2. The summed E-state index contributed by atoms with van der Waals surface area (Å²) in [5, 5.41) is 6.88. The number of nitrogens with one attached hydrogen (secondary N) is 3. The number of hydrogen-bond donors (Lipinski definition) is 3. The van der Waals surface area contributed by atoms with Gasteiger partial charge in [-0.25, -0.2) is 4.98 Å². The summed E-state index contributed by atoms with van der Waals surface area (Å²) in [6.45, 7) is 9.87. The second kappa shape index (κ2) is 11.6. The van der Waals surface area contributed by atoms with Gasteiger partial charge >= 0.3 is 0 Å². The molecule has 3 rings (SSSR count). The van der Waals surface area contributed by atoms with Crippen molar-refractivity contribution >= 4 is 41.0 Å². The van der Waals surface area contributed by atoms with Crippen LogP contribution in [0.5, 0.6) is 0 Å². The van der Waals surface area contributed by atoms with E-state index in [0.29, 0.717) is 12.0 Å². The highest BCUT2D eigenvalue weighted by Crippen LogP contribution is 2.12. The molecule has 156 valence electrons. The highest BCUT2D eigenvalue weighted by Gasteiger charge is 2.23. The van der Waals surface area contributed by atoms with Crippen molar-refractivity contribution in [3.8, 4) is 0 Å². The molecule has 7 nitrogen and oxygen atoms in total. The molecule has 1 aromatic heterocycles. The molecule has 0 radical (unpaired) electrons. The summed E-state index contributed by atoms with van der Waals surface area (Å²) in [7, 11) is 1.82. The van der Waals surface area contributed by atoms with E-state index in [1.165, 1.54) is 0 Å². The van der Waals surface area contributed by atoms with Gasteiger partial charge in [-0.1, -0.05) is 26.0 Å². The lowest BCUT2D eigenvalue weighted by Crippen LogP contribution is -2.52. The van der Waals surface area contributed by atoms with Crippen LogP contribution in [-0.2, 0) is 11.2 Å². The normalized spacial score (nSPS) is 16.8. The minimum Gasteiger partial charge on any atom is -0.379 e. The first-order valence-corrected chi connectivity index (χ1v) is 9.87. The molecule has 2 aromatic rings. The van der Waals surface area contributed by atoms with Crippen LogP contribution in [0.25, 0.3) is 11.0 Å². The van der Waals surface area contributed by atoms with Gasteiger partial charge in [0, 0.05) is 45.7 Å². The largest absolute Gasteiger partial charge is 0.379 e. The summed E-state index contributed by atoms with van der Waals surface area (Å²) in [5.41, 5.74) is 2.10. The number of morpholine rings is 1. The van der Waals surface area contributed by atoms with Crippen molar-refractivity contribution in [1.82, 2.24) is 25.5 Å². The molecule has 28 heavy (non-hydrogen) atoms. The number of aliphatic imine (C=N–C) groups is 1. The summed E-state index contributed by atoms with van der Waals surface area (Å²) in [6.07, 6.45) is 0.826. The number of fused-ring (bicyclic) bond motifs is 1. The Hall–Kier alpha value is -1.39. The Labute approximate surface area is 184 Å². The molecule has 0 saturated carbocycles. The van der Waals surface area contributed by atoms with Crippen molar-refractivity contribution in [3.63, 3.8) is 0 Å². The summed E-state index contributed by atoms with van der Waals surface area (Å²) < 4.78 is 5.49. The molecule has 1 aliphatic heterocycles. The molecule has 0 spiro atoms. The van der Waals surface area contributed by atoms with Gasteiger partial charge in [0.15, 0.2) is 5.96 Å². The summed E-state index contributed by atoms with van der Waals surface area (Å²) in [5.74, 6) is 2.40. The lowest BCUT2D eigenvalue weighted by atomic mass is 10.0. The summed E-state index contributed by atoms with van der Waals surface area (Å²) in [6, 6.07) is 8.59. The van der Waals surface area contributed by atoms with E-state index in [0.717, 1.165) is 68.6 Å². The first-order chi connectivity index (χ1) is 13.2. The predicted molar refractivity (Wildman–Crippen MR) is 126 cm³/mol. The predicted octanol–water partition coefficient (Wildman–Crippen LogP) is 2.25. The zero-order chi connectivity index (χ0) is 19.1. The van der Waals surface area contributed by atoms with Crippen LogP contribution >= 0.6 is 24.0 Å². The number of guanidine groups is 1. The standard InChI is InChI=1S/C20H32N6O.HI/c1-15(2)18(26-10-12-27-13-11-26)14-23-20(21-3)22-9-8-19-24-16-6-4-5-7-17(16)25-19;/h4-7,15,18H,8-14H2,1-3H3,(H,24,25)(H2,21,22,23);1H. The number of halogens is 1. The monoisotopic (exact) mass is 500 g/mol. The topological polar surface area (TPSA) is 77.6 Å². The van der Waals surface area contributed by atoms with Crippen molar-refractivity contribution in [2.45, 2.75) is 26.3 Å². The zero-order valence-electron chi connectivity index (χ0n) is 17.1. The van der Waals surface area contributed by atoms with E-state index in [4.69, 9.17) is 4.74 Å². The van der Waals surface area contributed by atoms with Gasteiger partial charge < -0.3 is 20.4 Å². The van der Waals surface area contributed by atoms with Crippen molar-refractivity contribution in [1.29, 1.82) is 0 Å². The van der Waals surface area contributed by atoms with Gasteiger partial charge in [0.25, 0.3) is 0 Å². The molecule has 0 aliphatic carbocycles. The maximum Gasteiger partial charge on any atom is 0.191 e. The highest BCUT2D eigenvalue weighted by atomic mass is 127. The van der Waals surface area contributed by atoms with Crippen LogP contribution in [0.3, 0.4) is 0 Å². The van der Waals surface area contributed by atoms with Crippen LogP contribution in [0.15, 0.2) is 29.3 Å². The SMILES string of the molecule is CN=C(NCCc1nc2ccccc2[nH]1)NCC(C(C)C)N1CCOCC1.I. The van der Waals surface area contributed by atoms with Gasteiger partial charge in [0.1, 0.15) is 5.82 Å². The van der Waals surface area contributed by atoms with Gasteiger partial charge in [-0.05, 0) is 18.1 Å². The Bertz CT molecular complexity index is 708. The van der Waals surface area contributed by atoms with Gasteiger partial charge in [-0.2, -0.15) is 0 Å². The van der Waals surface area contributed by atoms with Crippen LogP contribution in [0.2, 0.25) is 0 Å². The molecule has 2 heterocycles. The number of nitrogens with zero attached hydrogens (tertiary/aromatic N) is 3. The first kappa shape index (κ1) is 22.9. The quantitative estimate of drug-likeness (QED) is 0.309. The third-order valence-corrected chi connectivity index (χ3v) is 5.08. The molecular formula is C20H33IN6O. The fourth-order valence-corrected chi connectivity index (χ4v) is 3.54. The lowest BCUT2D eigenvalue weighted by molar-refractivity contribution is 0.00752.